The molecule has 19 heavy (non-hydrogen) atoms. The number of aromatic carboxylic acids is 1. The monoisotopic (exact) mass is 259 g/mol. The summed E-state index contributed by atoms with van der Waals surface area (Å²) in [6, 6.07) is 3.96. The summed E-state index contributed by atoms with van der Waals surface area (Å²) in [6.45, 7) is 8.35. The van der Waals surface area contributed by atoms with Gasteiger partial charge in [0.15, 0.2) is 0 Å². The van der Waals surface area contributed by atoms with E-state index in [1.165, 1.54) is 5.56 Å². The average Bonchev–Trinajstić information content (AvgIpc) is 2.60. The van der Waals surface area contributed by atoms with Gasteiger partial charge in [-0.05, 0) is 42.5 Å². The number of hydrogen-bond acceptors (Lipinski definition) is 1. The lowest BCUT2D eigenvalue weighted by Gasteiger charge is -2.09. The lowest BCUT2D eigenvalue weighted by molar-refractivity contribution is 0.0698. The molecule has 0 atom stereocenters. The minimum atomic E-state index is -0.851. The van der Waals surface area contributed by atoms with Gasteiger partial charge in [-0.3, -0.25) is 0 Å². The lowest BCUT2D eigenvalue weighted by Crippen LogP contribution is -2.03. The minimum absolute atomic E-state index is 0.327. The van der Waals surface area contributed by atoms with Crippen LogP contribution in [0.15, 0.2) is 12.1 Å². The highest BCUT2D eigenvalue weighted by Crippen LogP contribution is 2.31. The highest BCUT2D eigenvalue weighted by molar-refractivity contribution is 6.04. The van der Waals surface area contributed by atoms with Crippen LogP contribution in [0.3, 0.4) is 0 Å². The van der Waals surface area contributed by atoms with Crippen molar-refractivity contribution in [3.05, 3.63) is 34.5 Å². The smallest absolute Gasteiger partial charge is 0.337 e. The first-order valence-electron chi connectivity index (χ1n) is 6.73. The summed E-state index contributed by atoms with van der Waals surface area (Å²) < 4.78 is 2.00. The molecule has 2 aromatic rings. The van der Waals surface area contributed by atoms with Crippen LogP contribution in [-0.4, -0.2) is 15.6 Å². The molecule has 1 aromatic heterocycles. The Balaban J connectivity index is 2.95. The van der Waals surface area contributed by atoms with Crippen LogP contribution in [0.1, 0.15) is 53.9 Å². The van der Waals surface area contributed by atoms with Crippen molar-refractivity contribution >= 4 is 16.9 Å². The Morgan fingerprint density at radius 3 is 2.47 bits per heavy atom. The maximum Gasteiger partial charge on any atom is 0.337 e. The van der Waals surface area contributed by atoms with E-state index in [9.17, 15) is 9.90 Å². The number of benzene rings is 1. The van der Waals surface area contributed by atoms with E-state index in [2.05, 4.69) is 33.8 Å². The molecule has 0 spiro atoms. The van der Waals surface area contributed by atoms with Crippen molar-refractivity contribution in [1.29, 1.82) is 0 Å². The number of carboxylic acid groups (broad SMARTS) is 1. The highest BCUT2D eigenvalue weighted by Gasteiger charge is 2.19. The van der Waals surface area contributed by atoms with Crippen molar-refractivity contribution < 1.29 is 9.90 Å². The molecule has 3 heteroatoms. The van der Waals surface area contributed by atoms with Crippen molar-refractivity contribution in [1.82, 2.24) is 4.57 Å². The van der Waals surface area contributed by atoms with Crippen LogP contribution in [0.4, 0.5) is 0 Å². The number of hydrogen-bond donors (Lipinski definition) is 1. The fraction of sp³-hybridized carbons (Fsp3) is 0.438. The summed E-state index contributed by atoms with van der Waals surface area (Å²) in [7, 11) is 1.94. The zero-order valence-corrected chi connectivity index (χ0v) is 12.2. The molecule has 1 N–H and O–H groups in total. The van der Waals surface area contributed by atoms with E-state index < -0.39 is 5.97 Å². The third-order valence-electron chi connectivity index (χ3n) is 3.98. The van der Waals surface area contributed by atoms with Crippen LogP contribution in [0.25, 0.3) is 10.9 Å². The van der Waals surface area contributed by atoms with E-state index >= 15 is 0 Å². The molecule has 1 aromatic carbocycles. The van der Waals surface area contributed by atoms with E-state index in [1.807, 2.05) is 17.7 Å². The van der Waals surface area contributed by atoms with E-state index in [-0.39, 0.29) is 0 Å². The number of rotatable bonds is 3. The van der Waals surface area contributed by atoms with Gasteiger partial charge in [-0.25, -0.2) is 4.79 Å². The summed E-state index contributed by atoms with van der Waals surface area (Å²) in [5.41, 5.74) is 4.74. The van der Waals surface area contributed by atoms with E-state index in [1.54, 1.807) is 0 Å². The highest BCUT2D eigenvalue weighted by atomic mass is 16.4. The topological polar surface area (TPSA) is 42.2 Å². The second-order valence-corrected chi connectivity index (χ2v) is 5.40. The number of nitrogens with zero attached hydrogens (tertiary/aromatic N) is 1. The number of aryl methyl sites for hydroxylation is 2. The molecule has 2 rings (SSSR count). The molecular formula is C16H21NO2. The van der Waals surface area contributed by atoms with Gasteiger partial charge in [0, 0.05) is 18.1 Å². The zero-order chi connectivity index (χ0) is 14.3. The molecule has 0 unspecified atom stereocenters. The third-order valence-corrected chi connectivity index (χ3v) is 3.98. The molecule has 0 amide bonds. The Morgan fingerprint density at radius 2 is 2.00 bits per heavy atom. The molecule has 0 fully saturated rings. The summed E-state index contributed by atoms with van der Waals surface area (Å²) in [4.78, 5) is 11.5. The Bertz CT molecular complexity index is 651. The predicted octanol–water partition coefficient (Wildman–Crippen LogP) is 3.87. The fourth-order valence-corrected chi connectivity index (χ4v) is 2.76. The van der Waals surface area contributed by atoms with Gasteiger partial charge < -0.3 is 9.67 Å². The number of carboxylic acids is 1. The van der Waals surface area contributed by atoms with E-state index in [0.717, 1.165) is 28.6 Å². The Hall–Kier alpha value is -1.77. The molecule has 0 aliphatic carbocycles. The third kappa shape index (κ3) is 2.03. The Kier molecular flexibility index (Phi) is 3.40. The summed E-state index contributed by atoms with van der Waals surface area (Å²) >= 11 is 0. The predicted molar refractivity (Wildman–Crippen MR) is 78.1 cm³/mol. The first-order valence-corrected chi connectivity index (χ1v) is 6.73. The maximum atomic E-state index is 11.5. The van der Waals surface area contributed by atoms with Gasteiger partial charge in [-0.1, -0.05) is 20.8 Å². The SMILES string of the molecule is CCc1c(C)n(C)c2c(C(=O)O)cc(C(C)C)cc12. The van der Waals surface area contributed by atoms with Crippen molar-refractivity contribution in [2.75, 3.05) is 0 Å². The normalized spacial score (nSPS) is 11.5. The number of fused-ring (bicyclic) bond motifs is 1. The lowest BCUT2D eigenvalue weighted by atomic mass is 9.96. The van der Waals surface area contributed by atoms with E-state index in [0.29, 0.717) is 11.5 Å². The molecule has 1 heterocycles. The molecule has 3 nitrogen and oxygen atoms in total. The first-order chi connectivity index (χ1) is 8.88. The summed E-state index contributed by atoms with van der Waals surface area (Å²) in [5.74, 6) is -0.525. The Labute approximate surface area is 113 Å². The standard InChI is InChI=1S/C16H21NO2/c1-6-12-10(4)17(5)15-13(12)7-11(9(2)3)8-14(15)16(18)19/h7-9H,6H2,1-5H3,(H,18,19). The second kappa shape index (κ2) is 4.72. The largest absolute Gasteiger partial charge is 0.478 e. The Morgan fingerprint density at radius 1 is 1.37 bits per heavy atom. The van der Waals surface area contributed by atoms with Gasteiger partial charge in [0.05, 0.1) is 11.1 Å². The summed E-state index contributed by atoms with van der Waals surface area (Å²) in [5, 5.41) is 10.6. The average molecular weight is 259 g/mol. The molecule has 0 saturated carbocycles. The molecule has 0 aliphatic heterocycles. The van der Waals surface area contributed by atoms with Gasteiger partial charge in [-0.2, -0.15) is 0 Å². The fourth-order valence-electron chi connectivity index (χ4n) is 2.76. The van der Waals surface area contributed by atoms with Gasteiger partial charge in [-0.15, -0.1) is 0 Å². The quantitative estimate of drug-likeness (QED) is 0.909. The second-order valence-electron chi connectivity index (χ2n) is 5.40. The first kappa shape index (κ1) is 13.7. The number of aromatic nitrogens is 1. The molecule has 0 aliphatic rings. The van der Waals surface area contributed by atoms with Crippen LogP contribution < -0.4 is 0 Å². The van der Waals surface area contributed by atoms with Crippen LogP contribution in [0, 0.1) is 6.92 Å². The van der Waals surface area contributed by atoms with Crippen molar-refractivity contribution in [3.8, 4) is 0 Å². The van der Waals surface area contributed by atoms with Crippen molar-refractivity contribution in [2.24, 2.45) is 7.05 Å². The maximum absolute atomic E-state index is 11.5. The summed E-state index contributed by atoms with van der Waals surface area (Å²) in [6.07, 6.45) is 0.920. The van der Waals surface area contributed by atoms with Crippen molar-refractivity contribution in [3.63, 3.8) is 0 Å². The van der Waals surface area contributed by atoms with Crippen LogP contribution in [0.2, 0.25) is 0 Å². The van der Waals surface area contributed by atoms with Gasteiger partial charge in [0.2, 0.25) is 0 Å². The van der Waals surface area contributed by atoms with Crippen LogP contribution in [0.5, 0.6) is 0 Å². The zero-order valence-electron chi connectivity index (χ0n) is 12.2. The van der Waals surface area contributed by atoms with Crippen LogP contribution in [-0.2, 0) is 13.5 Å². The molecule has 0 saturated heterocycles. The van der Waals surface area contributed by atoms with Gasteiger partial charge in [0.1, 0.15) is 0 Å². The van der Waals surface area contributed by atoms with Crippen molar-refractivity contribution in [2.45, 2.75) is 40.0 Å². The van der Waals surface area contributed by atoms with Gasteiger partial charge >= 0.3 is 5.97 Å². The molecule has 0 bridgehead atoms. The van der Waals surface area contributed by atoms with Crippen LogP contribution >= 0.6 is 0 Å². The minimum Gasteiger partial charge on any atom is -0.478 e. The molecule has 102 valence electrons. The van der Waals surface area contributed by atoms with E-state index in [4.69, 9.17) is 0 Å². The molecular weight excluding hydrogens is 238 g/mol. The van der Waals surface area contributed by atoms with Gasteiger partial charge in [0.25, 0.3) is 0 Å². The molecule has 0 radical (unpaired) electrons. The number of carbonyl (C=O) groups is 1.